The second-order valence-electron chi connectivity index (χ2n) is 7.13. The van der Waals surface area contributed by atoms with E-state index in [1.54, 1.807) is 26.0 Å². The molecule has 1 aromatic carbocycles. The molecule has 148 valence electrons. The van der Waals surface area contributed by atoms with Gasteiger partial charge in [0.15, 0.2) is 0 Å². The molecule has 6 nitrogen and oxygen atoms in total. The van der Waals surface area contributed by atoms with E-state index in [1.165, 1.54) is 4.90 Å². The van der Waals surface area contributed by atoms with Crippen LogP contribution in [0, 0.1) is 5.41 Å². The second kappa shape index (κ2) is 8.74. The van der Waals surface area contributed by atoms with Crippen LogP contribution in [-0.4, -0.2) is 40.5 Å². The summed E-state index contributed by atoms with van der Waals surface area (Å²) in [4.78, 5) is 38.7. The first kappa shape index (κ1) is 21.2. The van der Waals surface area contributed by atoms with Gasteiger partial charge in [-0.1, -0.05) is 37.6 Å². The number of esters is 1. The fourth-order valence-electron chi connectivity index (χ4n) is 3.74. The number of likely N-dealkylation sites (tertiary alicyclic amines) is 1. The number of carboxylic acids is 1. The minimum absolute atomic E-state index is 0.218. The highest BCUT2D eigenvalue weighted by molar-refractivity contribution is 6.30. The van der Waals surface area contributed by atoms with Gasteiger partial charge in [-0.25, -0.2) is 4.79 Å². The van der Waals surface area contributed by atoms with E-state index in [0.717, 1.165) is 5.56 Å². The molecule has 0 aromatic heterocycles. The molecule has 0 aliphatic carbocycles. The summed E-state index contributed by atoms with van der Waals surface area (Å²) in [6.45, 7) is 5.41. The second-order valence-corrected chi connectivity index (χ2v) is 7.56. The lowest BCUT2D eigenvalue weighted by Gasteiger charge is -2.46. The smallest absolute Gasteiger partial charge is 0.328 e. The van der Waals surface area contributed by atoms with Crippen molar-refractivity contribution < 1.29 is 24.2 Å². The molecule has 1 heterocycles. The number of rotatable bonds is 7. The van der Waals surface area contributed by atoms with E-state index in [4.69, 9.17) is 16.3 Å². The van der Waals surface area contributed by atoms with E-state index in [0.29, 0.717) is 24.3 Å². The summed E-state index contributed by atoms with van der Waals surface area (Å²) >= 11 is 5.98. The van der Waals surface area contributed by atoms with Crippen molar-refractivity contribution in [3.8, 4) is 0 Å². The topological polar surface area (TPSA) is 83.9 Å². The number of carboxylic acid groups (broad SMARTS) is 1. The molecule has 1 aliphatic rings. The van der Waals surface area contributed by atoms with Crippen molar-refractivity contribution in [2.45, 2.75) is 58.5 Å². The zero-order chi connectivity index (χ0) is 20.2. The minimum atomic E-state index is -1.05. The van der Waals surface area contributed by atoms with E-state index in [2.05, 4.69) is 0 Å². The van der Waals surface area contributed by atoms with Gasteiger partial charge in [-0.2, -0.15) is 0 Å². The van der Waals surface area contributed by atoms with Crippen LogP contribution in [0.15, 0.2) is 24.3 Å². The maximum absolute atomic E-state index is 13.4. The van der Waals surface area contributed by atoms with Crippen LogP contribution in [0.5, 0.6) is 0 Å². The average Bonchev–Trinajstić information content (AvgIpc) is 2.60. The molecular formula is C20H26ClNO5. The molecule has 1 saturated heterocycles. The number of nitrogens with zero attached hydrogens (tertiary/aromatic N) is 1. The molecule has 0 saturated carbocycles. The zero-order valence-electron chi connectivity index (χ0n) is 15.9. The lowest BCUT2D eigenvalue weighted by Crippen LogP contribution is -2.56. The fraction of sp³-hybridized carbons (Fsp3) is 0.550. The van der Waals surface area contributed by atoms with Crippen molar-refractivity contribution in [3.63, 3.8) is 0 Å². The lowest BCUT2D eigenvalue weighted by molar-refractivity contribution is -0.167. The van der Waals surface area contributed by atoms with Gasteiger partial charge in [-0.05, 0) is 43.9 Å². The van der Waals surface area contributed by atoms with Gasteiger partial charge in [-0.15, -0.1) is 0 Å². The summed E-state index contributed by atoms with van der Waals surface area (Å²) in [6, 6.07) is 6.08. The Morgan fingerprint density at radius 1 is 1.33 bits per heavy atom. The Balaban J connectivity index is 2.46. The number of ether oxygens (including phenoxy) is 1. The van der Waals surface area contributed by atoms with E-state index < -0.39 is 23.4 Å². The van der Waals surface area contributed by atoms with Crippen LogP contribution < -0.4 is 0 Å². The summed E-state index contributed by atoms with van der Waals surface area (Å²) in [7, 11) is 0. The van der Waals surface area contributed by atoms with Gasteiger partial charge in [0.05, 0.1) is 24.5 Å². The van der Waals surface area contributed by atoms with Crippen molar-refractivity contribution in [2.24, 2.45) is 5.41 Å². The van der Waals surface area contributed by atoms with Crippen molar-refractivity contribution in [3.05, 3.63) is 34.9 Å². The lowest BCUT2D eigenvalue weighted by atomic mass is 9.74. The quantitative estimate of drug-likeness (QED) is 0.709. The first-order valence-corrected chi connectivity index (χ1v) is 9.58. The highest BCUT2D eigenvalue weighted by Crippen LogP contribution is 2.44. The molecule has 2 unspecified atom stereocenters. The molecule has 7 heteroatoms. The van der Waals surface area contributed by atoms with Crippen LogP contribution in [0.3, 0.4) is 0 Å². The molecule has 3 atom stereocenters. The predicted octanol–water partition coefficient (Wildman–Crippen LogP) is 3.83. The third-order valence-electron chi connectivity index (χ3n) is 5.13. The number of amides is 1. The number of hydrogen-bond acceptors (Lipinski definition) is 4. The van der Waals surface area contributed by atoms with Crippen molar-refractivity contribution in [2.75, 3.05) is 6.61 Å². The van der Waals surface area contributed by atoms with Gasteiger partial charge in [0.2, 0.25) is 5.91 Å². The SMILES string of the molecule is CCOC(=O)C(CC)N1C(=O)C(C)(CC(=O)O)CC[C@H]1c1ccc(Cl)cc1. The van der Waals surface area contributed by atoms with Crippen LogP contribution >= 0.6 is 11.6 Å². The molecule has 1 aromatic rings. The number of halogens is 1. The molecule has 1 N–H and O–H groups in total. The maximum Gasteiger partial charge on any atom is 0.328 e. The van der Waals surface area contributed by atoms with Crippen LogP contribution in [0.1, 0.15) is 58.1 Å². The summed E-state index contributed by atoms with van der Waals surface area (Å²) in [5, 5.41) is 9.84. The van der Waals surface area contributed by atoms with E-state index >= 15 is 0 Å². The summed E-state index contributed by atoms with van der Waals surface area (Å²) in [6.07, 6.45) is 1.11. The molecule has 0 bridgehead atoms. The minimum Gasteiger partial charge on any atom is -0.481 e. The highest BCUT2D eigenvalue weighted by atomic mass is 35.5. The van der Waals surface area contributed by atoms with Gasteiger partial charge in [0.25, 0.3) is 0 Å². The number of carbonyl (C=O) groups excluding carboxylic acids is 2. The Morgan fingerprint density at radius 2 is 1.96 bits per heavy atom. The Hall–Kier alpha value is -2.08. The van der Waals surface area contributed by atoms with Crippen molar-refractivity contribution in [1.82, 2.24) is 4.90 Å². The monoisotopic (exact) mass is 395 g/mol. The predicted molar refractivity (Wildman–Crippen MR) is 101 cm³/mol. The van der Waals surface area contributed by atoms with Gasteiger partial charge in [0, 0.05) is 5.02 Å². The van der Waals surface area contributed by atoms with E-state index in [1.807, 2.05) is 19.1 Å². The van der Waals surface area contributed by atoms with Crippen molar-refractivity contribution >= 4 is 29.4 Å². The number of carbonyl (C=O) groups is 3. The third-order valence-corrected chi connectivity index (χ3v) is 5.39. The third kappa shape index (κ3) is 4.61. The van der Waals surface area contributed by atoms with Crippen LogP contribution in [0.2, 0.25) is 5.02 Å². The van der Waals surface area contributed by atoms with Crippen molar-refractivity contribution in [1.29, 1.82) is 0 Å². The first-order valence-electron chi connectivity index (χ1n) is 9.20. The molecule has 1 amide bonds. The fourth-order valence-corrected chi connectivity index (χ4v) is 3.86. The number of benzene rings is 1. The average molecular weight is 396 g/mol. The Kier molecular flexibility index (Phi) is 6.87. The Labute approximate surface area is 164 Å². The summed E-state index contributed by atoms with van der Waals surface area (Å²) in [5.74, 6) is -1.82. The van der Waals surface area contributed by atoms with Crippen LogP contribution in [0.4, 0.5) is 0 Å². The maximum atomic E-state index is 13.4. The normalized spacial score (nSPS) is 23.8. The van der Waals surface area contributed by atoms with Gasteiger partial charge < -0.3 is 14.7 Å². The van der Waals surface area contributed by atoms with Gasteiger partial charge >= 0.3 is 11.9 Å². The Bertz CT molecular complexity index is 705. The largest absolute Gasteiger partial charge is 0.481 e. The van der Waals surface area contributed by atoms with Gasteiger partial charge in [0.1, 0.15) is 6.04 Å². The molecule has 1 aliphatic heterocycles. The van der Waals surface area contributed by atoms with E-state index in [-0.39, 0.29) is 25.0 Å². The molecule has 0 spiro atoms. The molecule has 0 radical (unpaired) electrons. The summed E-state index contributed by atoms with van der Waals surface area (Å²) in [5.41, 5.74) is -0.179. The molecular weight excluding hydrogens is 370 g/mol. The number of hydrogen-bond donors (Lipinski definition) is 1. The standard InChI is InChI=1S/C20H26ClNO5/c1-4-15(18(25)27-5-2)22-16(13-6-8-14(21)9-7-13)10-11-20(3,19(22)26)12-17(23)24/h6-9,15-16H,4-5,10-12H2,1-3H3,(H,23,24)/t15?,16-,20?/m0/s1. The number of piperidine rings is 1. The number of aliphatic carboxylic acids is 1. The zero-order valence-corrected chi connectivity index (χ0v) is 16.7. The van der Waals surface area contributed by atoms with Crippen LogP contribution in [0.25, 0.3) is 0 Å². The van der Waals surface area contributed by atoms with Gasteiger partial charge in [-0.3, -0.25) is 9.59 Å². The Morgan fingerprint density at radius 3 is 2.48 bits per heavy atom. The van der Waals surface area contributed by atoms with Crippen LogP contribution in [-0.2, 0) is 19.1 Å². The molecule has 27 heavy (non-hydrogen) atoms. The highest BCUT2D eigenvalue weighted by Gasteiger charge is 2.49. The first-order chi connectivity index (χ1) is 12.7. The molecule has 2 rings (SSSR count). The molecule has 1 fully saturated rings. The summed E-state index contributed by atoms with van der Waals surface area (Å²) < 4.78 is 5.18. The van der Waals surface area contributed by atoms with E-state index in [9.17, 15) is 19.5 Å².